The molecule has 0 aliphatic carbocycles. The second-order valence-electron chi connectivity index (χ2n) is 2.39. The molecule has 0 aromatic heterocycles. The van der Waals surface area contributed by atoms with Crippen LogP contribution < -0.4 is 0 Å². The highest BCUT2D eigenvalue weighted by atomic mass is 17.0. The van der Waals surface area contributed by atoms with Gasteiger partial charge in [0.1, 0.15) is 0 Å². The molecule has 2 N–H and O–H groups in total. The Balaban J connectivity index is 2.40. The van der Waals surface area contributed by atoms with Crippen molar-refractivity contribution < 1.29 is 24.5 Å². The van der Waals surface area contributed by atoms with Crippen LogP contribution in [0.5, 0.6) is 0 Å². The fraction of sp³-hybridized carbons (Fsp3) is 0.833. The molecule has 0 amide bonds. The average molecular weight is 162 g/mol. The summed E-state index contributed by atoms with van der Waals surface area (Å²) >= 11 is 0. The Bertz CT molecular complexity index is 158. The number of rotatable bonds is 3. The van der Waals surface area contributed by atoms with Crippen molar-refractivity contribution in [2.75, 3.05) is 0 Å². The van der Waals surface area contributed by atoms with Gasteiger partial charge in [0.05, 0.1) is 0 Å². The van der Waals surface area contributed by atoms with E-state index in [-0.39, 0.29) is 0 Å². The molecule has 0 spiro atoms. The van der Waals surface area contributed by atoms with Gasteiger partial charge in [-0.1, -0.05) is 13.3 Å². The summed E-state index contributed by atoms with van der Waals surface area (Å²) in [4.78, 5) is 10.1. The first-order valence-corrected chi connectivity index (χ1v) is 3.41. The van der Waals surface area contributed by atoms with E-state index in [1.165, 1.54) is 0 Å². The summed E-state index contributed by atoms with van der Waals surface area (Å²) < 4.78 is 8.37. The van der Waals surface area contributed by atoms with Gasteiger partial charge in [-0.15, -0.1) is 0 Å². The van der Waals surface area contributed by atoms with Gasteiger partial charge < -0.3 is 19.7 Å². The van der Waals surface area contributed by atoms with Gasteiger partial charge >= 0.3 is 12.1 Å². The molecule has 1 fully saturated rings. The number of aliphatic hydroxyl groups is 2. The van der Waals surface area contributed by atoms with E-state index in [4.69, 9.17) is 10.2 Å². The lowest BCUT2D eigenvalue weighted by atomic mass is 10.1. The highest BCUT2D eigenvalue weighted by Gasteiger charge is 2.53. The molecule has 5 nitrogen and oxygen atoms in total. The molecule has 0 bridgehead atoms. The molecule has 1 unspecified atom stereocenters. The molecule has 1 rings (SSSR count). The lowest BCUT2D eigenvalue weighted by Gasteiger charge is -2.36. The predicted octanol–water partition coefficient (Wildman–Crippen LogP) is -0.0397. The zero-order valence-corrected chi connectivity index (χ0v) is 6.11. The Morgan fingerprint density at radius 3 is 2.55 bits per heavy atom. The lowest BCUT2D eigenvalue weighted by molar-refractivity contribution is -0.419. The summed E-state index contributed by atoms with van der Waals surface area (Å²) in [6.45, 7) is 1.83. The zero-order valence-electron chi connectivity index (χ0n) is 6.11. The number of carbonyl (C=O) groups is 1. The van der Waals surface area contributed by atoms with Crippen molar-refractivity contribution in [3.63, 3.8) is 0 Å². The minimum atomic E-state index is -2.09. The number of cyclic esters (lactones) is 2. The molecule has 0 saturated carbocycles. The van der Waals surface area contributed by atoms with E-state index in [1.807, 2.05) is 6.92 Å². The van der Waals surface area contributed by atoms with Gasteiger partial charge in [0.15, 0.2) is 6.10 Å². The lowest BCUT2D eigenvalue weighted by Crippen LogP contribution is -2.58. The van der Waals surface area contributed by atoms with Crippen molar-refractivity contribution in [3.8, 4) is 0 Å². The second-order valence-corrected chi connectivity index (χ2v) is 2.39. The van der Waals surface area contributed by atoms with Crippen LogP contribution in [0.15, 0.2) is 0 Å². The molecule has 0 aromatic carbocycles. The Hall–Kier alpha value is -0.810. The summed E-state index contributed by atoms with van der Waals surface area (Å²) in [6.07, 6.45) is -1.12. The third-order valence-electron chi connectivity index (χ3n) is 1.44. The molecule has 1 aliphatic rings. The smallest absolute Gasteiger partial charge is 0.382 e. The van der Waals surface area contributed by atoms with Gasteiger partial charge in [-0.3, -0.25) is 0 Å². The molecule has 0 radical (unpaired) electrons. The zero-order chi connectivity index (χ0) is 8.48. The average Bonchev–Trinajstić information content (AvgIpc) is 1.85. The van der Waals surface area contributed by atoms with Crippen LogP contribution in [0.2, 0.25) is 0 Å². The van der Waals surface area contributed by atoms with E-state index in [0.717, 1.165) is 0 Å². The van der Waals surface area contributed by atoms with E-state index < -0.39 is 18.2 Å². The van der Waals surface area contributed by atoms with E-state index in [9.17, 15) is 4.79 Å². The second kappa shape index (κ2) is 2.67. The van der Waals surface area contributed by atoms with Crippen molar-refractivity contribution in [3.05, 3.63) is 0 Å². The SMILES string of the molecule is CCCC(O)C1(O)OC(=O)O1. The van der Waals surface area contributed by atoms with E-state index in [2.05, 4.69) is 9.47 Å². The molecule has 11 heavy (non-hydrogen) atoms. The van der Waals surface area contributed by atoms with Gasteiger partial charge in [-0.25, -0.2) is 4.79 Å². The van der Waals surface area contributed by atoms with Crippen LogP contribution in [-0.2, 0) is 9.47 Å². The molecule has 64 valence electrons. The fourth-order valence-electron chi connectivity index (χ4n) is 0.838. The maximum absolute atomic E-state index is 10.1. The highest BCUT2D eigenvalue weighted by Crippen LogP contribution is 2.27. The quantitative estimate of drug-likeness (QED) is 0.569. The first-order valence-electron chi connectivity index (χ1n) is 3.41. The fourth-order valence-corrected chi connectivity index (χ4v) is 0.838. The topological polar surface area (TPSA) is 76.0 Å². The van der Waals surface area contributed by atoms with Gasteiger partial charge in [-0.2, -0.15) is 0 Å². The van der Waals surface area contributed by atoms with Gasteiger partial charge in [0.2, 0.25) is 0 Å². The van der Waals surface area contributed by atoms with Crippen LogP contribution in [0.3, 0.4) is 0 Å². The number of ether oxygens (including phenoxy) is 2. The third-order valence-corrected chi connectivity index (χ3v) is 1.44. The van der Waals surface area contributed by atoms with Crippen molar-refractivity contribution >= 4 is 6.16 Å². The minimum Gasteiger partial charge on any atom is -0.382 e. The Morgan fingerprint density at radius 1 is 1.64 bits per heavy atom. The van der Waals surface area contributed by atoms with Gasteiger partial charge in [0, 0.05) is 0 Å². The van der Waals surface area contributed by atoms with Crippen LogP contribution in [0, 0.1) is 0 Å². The van der Waals surface area contributed by atoms with Crippen LogP contribution in [0.4, 0.5) is 4.79 Å². The van der Waals surface area contributed by atoms with Crippen LogP contribution in [0.25, 0.3) is 0 Å². The maximum atomic E-state index is 10.1. The summed E-state index contributed by atoms with van der Waals surface area (Å²) in [5.41, 5.74) is 0. The Labute approximate surface area is 63.5 Å². The summed E-state index contributed by atoms with van der Waals surface area (Å²) in [7, 11) is 0. The molecule has 1 atom stereocenters. The summed E-state index contributed by atoms with van der Waals surface area (Å²) in [5.74, 6) is -2.09. The molecular weight excluding hydrogens is 152 g/mol. The van der Waals surface area contributed by atoms with Crippen molar-refractivity contribution in [1.82, 2.24) is 0 Å². The van der Waals surface area contributed by atoms with E-state index >= 15 is 0 Å². The third kappa shape index (κ3) is 1.44. The Kier molecular flexibility index (Phi) is 2.01. The molecule has 1 saturated heterocycles. The predicted molar refractivity (Wildman–Crippen MR) is 33.4 cm³/mol. The summed E-state index contributed by atoms with van der Waals surface area (Å²) in [5, 5.41) is 18.2. The van der Waals surface area contributed by atoms with Crippen LogP contribution in [-0.4, -0.2) is 28.4 Å². The van der Waals surface area contributed by atoms with Crippen molar-refractivity contribution in [2.24, 2.45) is 0 Å². The van der Waals surface area contributed by atoms with Gasteiger partial charge in [0.25, 0.3) is 0 Å². The van der Waals surface area contributed by atoms with Crippen molar-refractivity contribution in [2.45, 2.75) is 31.8 Å². The molecule has 1 aliphatic heterocycles. The largest absolute Gasteiger partial charge is 0.518 e. The first kappa shape index (κ1) is 8.29. The maximum Gasteiger partial charge on any atom is 0.518 e. The standard InChI is InChI=1S/C6H10O5/c1-2-3-4(7)6(9)10-5(8)11-6/h4,7,9H,2-3H2,1H3. The molecular formula is C6H10O5. The summed E-state index contributed by atoms with van der Waals surface area (Å²) in [6, 6.07) is 0. The Morgan fingerprint density at radius 2 is 2.18 bits per heavy atom. The van der Waals surface area contributed by atoms with Crippen LogP contribution >= 0.6 is 0 Å². The monoisotopic (exact) mass is 162 g/mol. The molecule has 5 heteroatoms. The van der Waals surface area contributed by atoms with Crippen LogP contribution in [0.1, 0.15) is 19.8 Å². The minimum absolute atomic E-state index is 0.323. The number of hydrogen-bond acceptors (Lipinski definition) is 5. The van der Waals surface area contributed by atoms with Gasteiger partial charge in [-0.05, 0) is 6.42 Å². The van der Waals surface area contributed by atoms with E-state index in [0.29, 0.717) is 12.8 Å². The highest BCUT2D eigenvalue weighted by molar-refractivity contribution is 5.65. The first-order chi connectivity index (χ1) is 5.08. The molecule has 0 aromatic rings. The normalized spacial score (nSPS) is 23.0. The number of hydrogen-bond donors (Lipinski definition) is 2. The number of aliphatic hydroxyl groups excluding tert-OH is 1. The molecule has 1 heterocycles. The number of carbonyl (C=O) groups excluding carboxylic acids is 1. The van der Waals surface area contributed by atoms with E-state index in [1.54, 1.807) is 0 Å². The van der Waals surface area contributed by atoms with Crippen molar-refractivity contribution in [1.29, 1.82) is 0 Å².